The summed E-state index contributed by atoms with van der Waals surface area (Å²) in [6.45, 7) is 0.579. The first-order valence-electron chi connectivity index (χ1n) is 9.57. The van der Waals surface area contributed by atoms with Gasteiger partial charge in [-0.25, -0.2) is 13.4 Å². The summed E-state index contributed by atoms with van der Waals surface area (Å²) < 4.78 is 23.7. The predicted octanol–water partition coefficient (Wildman–Crippen LogP) is 1.65. The highest BCUT2D eigenvalue weighted by atomic mass is 32.2. The maximum Gasteiger partial charge on any atom is 0.265 e. The number of amides is 2. The van der Waals surface area contributed by atoms with E-state index in [9.17, 15) is 18.0 Å². The lowest BCUT2D eigenvalue weighted by Gasteiger charge is -2.33. The molecule has 0 bridgehead atoms. The maximum absolute atomic E-state index is 13.2. The van der Waals surface area contributed by atoms with Crippen molar-refractivity contribution in [3.8, 4) is 11.3 Å². The van der Waals surface area contributed by atoms with Crippen LogP contribution in [0.15, 0.2) is 48.0 Å². The Morgan fingerprint density at radius 1 is 1.19 bits per heavy atom. The van der Waals surface area contributed by atoms with E-state index < -0.39 is 21.8 Å². The minimum absolute atomic E-state index is 0.0285. The highest BCUT2D eigenvalue weighted by molar-refractivity contribution is 7.91. The number of nitrogens with zero attached hydrogens (tertiary/aromatic N) is 2. The van der Waals surface area contributed by atoms with Crippen molar-refractivity contribution in [2.45, 2.75) is 6.04 Å². The van der Waals surface area contributed by atoms with Crippen LogP contribution in [0, 0.1) is 0 Å². The number of H-pyrrole nitrogens is 1. The number of nitrogens with two attached hydrogens (primary N) is 1. The number of benzene rings is 1. The number of hydrogen-bond acceptors (Lipinski definition) is 7. The van der Waals surface area contributed by atoms with E-state index >= 15 is 0 Å². The molecule has 1 aliphatic rings. The number of sulfone groups is 1. The molecular formula is C20H21N5O4S2. The molecule has 2 amide bonds. The molecule has 0 aliphatic carbocycles. The number of thiazole rings is 1. The molecule has 11 heteroatoms. The molecule has 4 rings (SSSR count). The van der Waals surface area contributed by atoms with Gasteiger partial charge in [0.05, 0.1) is 17.2 Å². The van der Waals surface area contributed by atoms with E-state index in [0.29, 0.717) is 16.4 Å². The Bertz CT molecular complexity index is 1190. The largest absolute Gasteiger partial charge is 0.364 e. The quantitative estimate of drug-likeness (QED) is 0.512. The van der Waals surface area contributed by atoms with E-state index in [-0.39, 0.29) is 36.2 Å². The van der Waals surface area contributed by atoms with Gasteiger partial charge >= 0.3 is 0 Å². The van der Waals surface area contributed by atoms with Crippen molar-refractivity contribution in [2.75, 3.05) is 29.9 Å². The molecule has 1 atom stereocenters. The van der Waals surface area contributed by atoms with Crippen LogP contribution in [-0.4, -0.2) is 59.7 Å². The Hall–Kier alpha value is -3.02. The second-order valence-electron chi connectivity index (χ2n) is 7.19. The average Bonchev–Trinajstić information content (AvgIpc) is 3.40. The van der Waals surface area contributed by atoms with Gasteiger partial charge in [-0.2, -0.15) is 0 Å². The van der Waals surface area contributed by atoms with Crippen molar-refractivity contribution in [1.29, 1.82) is 0 Å². The van der Waals surface area contributed by atoms with Gasteiger partial charge in [0.15, 0.2) is 15.0 Å². The number of anilines is 1. The van der Waals surface area contributed by atoms with E-state index in [1.807, 2.05) is 35.2 Å². The standard InChI is InChI=1S/C20H21N5O4S2/c21-18(26)15-10-14(11-22-15)16-12-30-20(23-16)24-19(27)17(13-4-2-1-3-5-13)25-6-8-31(28,29)9-7-25/h1-5,10-12,17,22H,6-9H2,(H2,21,26)(H,23,24,27). The van der Waals surface area contributed by atoms with Crippen LogP contribution in [-0.2, 0) is 14.6 Å². The summed E-state index contributed by atoms with van der Waals surface area (Å²) in [7, 11) is -3.07. The lowest BCUT2D eigenvalue weighted by atomic mass is 10.0. The van der Waals surface area contributed by atoms with E-state index in [1.54, 1.807) is 17.6 Å². The zero-order valence-corrected chi connectivity index (χ0v) is 18.1. The zero-order chi connectivity index (χ0) is 22.0. The van der Waals surface area contributed by atoms with E-state index in [0.717, 1.165) is 5.56 Å². The summed E-state index contributed by atoms with van der Waals surface area (Å²) in [4.78, 5) is 33.6. The van der Waals surface area contributed by atoms with E-state index in [1.165, 1.54) is 11.3 Å². The zero-order valence-electron chi connectivity index (χ0n) is 16.4. The van der Waals surface area contributed by atoms with Crippen molar-refractivity contribution in [1.82, 2.24) is 14.9 Å². The number of carbonyl (C=O) groups is 2. The van der Waals surface area contributed by atoms with Gasteiger partial charge in [0.2, 0.25) is 5.91 Å². The summed E-state index contributed by atoms with van der Waals surface area (Å²) in [5.41, 5.74) is 7.61. The molecule has 3 heterocycles. The molecule has 1 aliphatic heterocycles. The molecule has 4 N–H and O–H groups in total. The minimum atomic E-state index is -3.07. The Labute approximate surface area is 183 Å². The number of rotatable bonds is 6. The summed E-state index contributed by atoms with van der Waals surface area (Å²) >= 11 is 1.26. The lowest BCUT2D eigenvalue weighted by molar-refractivity contribution is -0.121. The van der Waals surface area contributed by atoms with Crippen LogP contribution in [0.25, 0.3) is 11.3 Å². The predicted molar refractivity (Wildman–Crippen MR) is 118 cm³/mol. The smallest absolute Gasteiger partial charge is 0.265 e. The van der Waals surface area contributed by atoms with Crippen LogP contribution < -0.4 is 11.1 Å². The second-order valence-corrected chi connectivity index (χ2v) is 10.4. The van der Waals surface area contributed by atoms with E-state index in [4.69, 9.17) is 5.73 Å². The third-order valence-corrected chi connectivity index (χ3v) is 7.45. The Kier molecular flexibility index (Phi) is 5.90. The topological polar surface area (TPSA) is 138 Å². The van der Waals surface area contributed by atoms with Crippen molar-refractivity contribution in [2.24, 2.45) is 5.73 Å². The fourth-order valence-corrected chi connectivity index (χ4v) is 5.42. The summed E-state index contributed by atoms with van der Waals surface area (Å²) in [5.74, 6) is -0.788. The highest BCUT2D eigenvalue weighted by Gasteiger charge is 2.32. The summed E-state index contributed by atoms with van der Waals surface area (Å²) in [6.07, 6.45) is 1.63. The SMILES string of the molecule is NC(=O)c1cc(-c2csc(NC(=O)C(c3ccccc3)N3CCS(=O)(=O)CC3)n2)c[nH]1. The molecule has 1 saturated heterocycles. The van der Waals surface area contributed by atoms with Crippen LogP contribution in [0.3, 0.4) is 0 Å². The van der Waals surface area contributed by atoms with Gasteiger partial charge < -0.3 is 16.0 Å². The van der Waals surface area contributed by atoms with Crippen LogP contribution in [0.2, 0.25) is 0 Å². The minimum Gasteiger partial charge on any atom is -0.364 e. The number of hydrogen-bond donors (Lipinski definition) is 3. The third kappa shape index (κ3) is 4.84. The first kappa shape index (κ1) is 21.2. The first-order chi connectivity index (χ1) is 14.8. The Morgan fingerprint density at radius 3 is 2.55 bits per heavy atom. The second kappa shape index (κ2) is 8.61. The summed E-state index contributed by atoms with van der Waals surface area (Å²) in [5, 5.41) is 5.04. The number of nitrogens with one attached hydrogen (secondary N) is 2. The lowest BCUT2D eigenvalue weighted by Crippen LogP contribution is -2.46. The van der Waals surface area contributed by atoms with Crippen molar-refractivity contribution < 1.29 is 18.0 Å². The number of carbonyl (C=O) groups excluding carboxylic acids is 2. The van der Waals surface area contributed by atoms with Crippen molar-refractivity contribution in [3.63, 3.8) is 0 Å². The number of primary amides is 1. The third-order valence-electron chi connectivity index (χ3n) is 5.09. The number of aromatic nitrogens is 2. The van der Waals surface area contributed by atoms with Gasteiger partial charge in [-0.1, -0.05) is 30.3 Å². The maximum atomic E-state index is 13.2. The fraction of sp³-hybridized carbons (Fsp3) is 0.250. The van der Waals surface area contributed by atoms with Crippen LogP contribution in [0.4, 0.5) is 5.13 Å². The highest BCUT2D eigenvalue weighted by Crippen LogP contribution is 2.28. The normalized spacial score (nSPS) is 17.2. The van der Waals surface area contributed by atoms with Crippen molar-refractivity contribution >= 4 is 38.1 Å². The molecule has 0 spiro atoms. The Morgan fingerprint density at radius 2 is 1.90 bits per heavy atom. The van der Waals surface area contributed by atoms with Gasteiger partial charge in [0.1, 0.15) is 11.7 Å². The van der Waals surface area contributed by atoms with Gasteiger partial charge in [-0.3, -0.25) is 14.5 Å². The van der Waals surface area contributed by atoms with Gasteiger partial charge in [-0.05, 0) is 11.6 Å². The van der Waals surface area contributed by atoms with Gasteiger partial charge in [0, 0.05) is 30.2 Å². The molecule has 1 aromatic carbocycles. The fourth-order valence-electron chi connectivity index (χ4n) is 3.47. The molecule has 1 unspecified atom stereocenters. The molecule has 2 aromatic heterocycles. The molecule has 9 nitrogen and oxygen atoms in total. The van der Waals surface area contributed by atoms with Gasteiger partial charge in [-0.15, -0.1) is 11.3 Å². The van der Waals surface area contributed by atoms with Crippen molar-refractivity contribution in [3.05, 3.63) is 59.2 Å². The molecule has 3 aromatic rings. The van der Waals surface area contributed by atoms with Crippen LogP contribution in [0.1, 0.15) is 22.1 Å². The Balaban J connectivity index is 1.54. The molecule has 1 fully saturated rings. The summed E-state index contributed by atoms with van der Waals surface area (Å²) in [6, 6.07) is 10.2. The number of aromatic amines is 1. The van der Waals surface area contributed by atoms with E-state index in [2.05, 4.69) is 15.3 Å². The van der Waals surface area contributed by atoms with Crippen LogP contribution in [0.5, 0.6) is 0 Å². The molecular weight excluding hydrogens is 438 g/mol. The molecule has 0 saturated carbocycles. The molecule has 0 radical (unpaired) electrons. The average molecular weight is 460 g/mol. The van der Waals surface area contributed by atoms with Gasteiger partial charge in [0.25, 0.3) is 5.91 Å². The van der Waals surface area contributed by atoms with Crippen LogP contribution >= 0.6 is 11.3 Å². The molecule has 31 heavy (non-hydrogen) atoms. The molecule has 162 valence electrons. The first-order valence-corrected chi connectivity index (χ1v) is 12.3. The monoisotopic (exact) mass is 459 g/mol.